The van der Waals surface area contributed by atoms with E-state index in [0.717, 1.165) is 88.8 Å². The molecule has 6 heterocycles. The maximum atomic E-state index is 6.08. The van der Waals surface area contributed by atoms with Crippen LogP contribution in [-0.2, 0) is 14.2 Å². The zero-order chi connectivity index (χ0) is 61.0. The van der Waals surface area contributed by atoms with Gasteiger partial charge in [-0.15, -0.1) is 0 Å². The molecule has 5 aromatic carbocycles. The number of benzene rings is 5. The number of ether oxygens (including phenoxy) is 3. The molecule has 3 heteroatoms. The van der Waals surface area contributed by atoms with Crippen molar-refractivity contribution in [1.29, 1.82) is 0 Å². The maximum absolute atomic E-state index is 6.08. The molecule has 10 aliphatic carbocycles. The van der Waals surface area contributed by atoms with E-state index in [1.54, 1.807) is 50.1 Å². The monoisotopic (exact) mass is 1220 g/mol. The van der Waals surface area contributed by atoms with Gasteiger partial charge < -0.3 is 14.2 Å². The largest absolute Gasteiger partial charge is 0.374 e. The molecule has 484 valence electrons. The van der Waals surface area contributed by atoms with Crippen molar-refractivity contribution < 1.29 is 14.2 Å². The van der Waals surface area contributed by atoms with Crippen LogP contribution in [0.4, 0.5) is 0 Å². The van der Waals surface area contributed by atoms with Crippen molar-refractivity contribution in [1.82, 2.24) is 0 Å². The summed E-state index contributed by atoms with van der Waals surface area (Å²) in [5.41, 5.74) is 20.6. The summed E-state index contributed by atoms with van der Waals surface area (Å²) in [6, 6.07) is 40.1. The van der Waals surface area contributed by atoms with Gasteiger partial charge in [0, 0.05) is 17.8 Å². The maximum Gasteiger partial charge on any atom is 0.0649 e. The Morgan fingerprint density at radius 1 is 0.253 bits per heavy atom. The summed E-state index contributed by atoms with van der Waals surface area (Å²) in [4.78, 5) is 0. The van der Waals surface area contributed by atoms with E-state index in [4.69, 9.17) is 14.2 Å². The molecule has 24 unspecified atom stereocenters. The molecule has 5 aromatic rings. The summed E-state index contributed by atoms with van der Waals surface area (Å²) >= 11 is 0. The Hall–Kier alpha value is -4.02. The zero-order valence-electron chi connectivity index (χ0n) is 56.9. The lowest BCUT2D eigenvalue weighted by molar-refractivity contribution is 0.1000. The summed E-state index contributed by atoms with van der Waals surface area (Å²) in [5.74, 6) is 16.9. The van der Waals surface area contributed by atoms with Gasteiger partial charge in [0.15, 0.2) is 0 Å². The first-order valence-electron chi connectivity index (χ1n) is 38.9. The van der Waals surface area contributed by atoms with Gasteiger partial charge in [-0.05, 0) is 339 Å². The number of aryl methyl sites for hydroxylation is 3. The van der Waals surface area contributed by atoms with Crippen LogP contribution < -0.4 is 0 Å². The standard InChI is InChI=1S/2C21H28.C19H24O2.C14H18.C13H16O/c1-13-8-16(20-11-14-2-4-17(20)9-14)6-7-19(13)21-12-15-3-5-18(21)10-15;1-13-18(20-11-14-5-7-16(20)9-14)3-2-4-19(13)21-12-15-6-8-17(21)10-15;1-11-14(16-9-12-5-7-18(16)20-12)3-2-4-15(11)17-10-13-6-8-19(17)21-13;1-10-2-5-12(6-3-10)14-9-11-4-7-13(14)8-11;1-9-2-4-10(5-3-9)12-8-11-6-7-13(12)14-11/h6-8,14-15,17-18,20-21H,2-5,9-12H2,1H3;2-4,14-17,20-21H,5-12H2,1H3;2-4,12-13,16-19H,5-10H2,1H3;2-3,5-6,11,13-14H,4,7-9H2,1H3;2-5,11-13H,6-8H2,1H3. The second kappa shape index (κ2) is 25.5. The summed E-state index contributed by atoms with van der Waals surface area (Å²) in [6.07, 6.45) is 44.6. The summed E-state index contributed by atoms with van der Waals surface area (Å²) < 4.78 is 18.0. The minimum absolute atomic E-state index is 0.486. The number of fused-ring (bicyclic) bond motifs is 16. The Labute approximate surface area is 550 Å². The molecule has 16 fully saturated rings. The molecule has 16 aliphatic rings. The van der Waals surface area contributed by atoms with Crippen molar-refractivity contribution in [2.45, 2.75) is 305 Å². The van der Waals surface area contributed by atoms with E-state index < -0.39 is 0 Å². The van der Waals surface area contributed by atoms with Gasteiger partial charge in [0.25, 0.3) is 0 Å². The van der Waals surface area contributed by atoms with Gasteiger partial charge in [0.1, 0.15) is 0 Å². The molecule has 21 rings (SSSR count). The molecule has 0 radical (unpaired) electrons. The minimum atomic E-state index is 0.486. The van der Waals surface area contributed by atoms with Crippen molar-refractivity contribution >= 4 is 0 Å². The lowest BCUT2D eigenvalue weighted by Crippen LogP contribution is -2.19. The van der Waals surface area contributed by atoms with Crippen molar-refractivity contribution in [3.63, 3.8) is 0 Å². The van der Waals surface area contributed by atoms with Crippen molar-refractivity contribution in [3.05, 3.63) is 175 Å². The zero-order valence-corrected chi connectivity index (χ0v) is 56.9. The predicted molar refractivity (Wildman–Crippen MR) is 373 cm³/mol. The molecule has 10 saturated carbocycles. The van der Waals surface area contributed by atoms with Crippen LogP contribution in [0.5, 0.6) is 0 Å². The number of hydrogen-bond acceptors (Lipinski definition) is 3. The Bertz CT molecular complexity index is 3090. The average Bonchev–Trinajstić information content (AvgIpc) is 1.75. The lowest BCUT2D eigenvalue weighted by atomic mass is 9.76. The average molecular weight is 1220 g/mol. The van der Waals surface area contributed by atoms with Gasteiger partial charge in [-0.2, -0.15) is 0 Å². The number of rotatable bonds is 8. The fraction of sp³-hybridized carbons (Fsp3) is 0.659. The van der Waals surface area contributed by atoms with E-state index in [1.807, 2.05) is 0 Å². The van der Waals surface area contributed by atoms with Crippen LogP contribution in [0.15, 0.2) is 103 Å². The van der Waals surface area contributed by atoms with Crippen molar-refractivity contribution in [2.75, 3.05) is 0 Å². The third-order valence-electron chi connectivity index (χ3n) is 29.6. The second-order valence-corrected chi connectivity index (χ2v) is 34.6. The van der Waals surface area contributed by atoms with Gasteiger partial charge in [-0.25, -0.2) is 0 Å². The molecule has 3 nitrogen and oxygen atoms in total. The third kappa shape index (κ3) is 12.0. The fourth-order valence-electron chi connectivity index (χ4n) is 25.0. The molecule has 6 saturated heterocycles. The molecular formula is C88H114O3. The highest BCUT2D eigenvalue weighted by Crippen LogP contribution is 2.59. The molecule has 0 aromatic heterocycles. The molecule has 24 atom stereocenters. The van der Waals surface area contributed by atoms with Crippen molar-refractivity contribution in [3.8, 4) is 0 Å². The summed E-state index contributed by atoms with van der Waals surface area (Å²) in [5, 5.41) is 0. The van der Waals surface area contributed by atoms with Gasteiger partial charge in [-0.1, -0.05) is 146 Å². The minimum Gasteiger partial charge on any atom is -0.374 e. The van der Waals surface area contributed by atoms with Gasteiger partial charge >= 0.3 is 0 Å². The first-order chi connectivity index (χ1) is 44.5. The van der Waals surface area contributed by atoms with E-state index in [1.165, 1.54) is 208 Å². The van der Waals surface area contributed by atoms with Crippen LogP contribution in [-0.4, -0.2) is 36.6 Å². The van der Waals surface area contributed by atoms with Crippen LogP contribution in [0, 0.1) is 93.8 Å². The first-order valence-corrected chi connectivity index (χ1v) is 38.9. The van der Waals surface area contributed by atoms with E-state index >= 15 is 0 Å². The predicted octanol–water partition coefficient (Wildman–Crippen LogP) is 22.6. The smallest absolute Gasteiger partial charge is 0.0649 e. The SMILES string of the molecule is Cc1c(C2CC3CCC2C3)cccc1C1CC2CCC1C2.Cc1c(C2CC3CCC2O3)cccc1C1CC2CCC1O2.Cc1cc(C2CC3CCC2C3)ccc1C1CC2CCC1C2.Cc1ccc(C2CC3CCC2C3)cc1.Cc1ccc(C2CC3CCC2O3)cc1. The van der Waals surface area contributed by atoms with Crippen LogP contribution in [0.2, 0.25) is 0 Å². The van der Waals surface area contributed by atoms with E-state index in [9.17, 15) is 0 Å². The number of hydrogen-bond donors (Lipinski definition) is 0. The Balaban J connectivity index is 0.0000000884. The Morgan fingerprint density at radius 2 is 0.571 bits per heavy atom. The second-order valence-electron chi connectivity index (χ2n) is 34.6. The molecule has 0 amide bonds. The Morgan fingerprint density at radius 3 is 0.890 bits per heavy atom. The van der Waals surface area contributed by atoms with E-state index in [0.29, 0.717) is 54.4 Å². The quantitative estimate of drug-likeness (QED) is 0.155. The highest BCUT2D eigenvalue weighted by molar-refractivity contribution is 5.43. The normalized spacial score (nSPS) is 41.2. The topological polar surface area (TPSA) is 27.7 Å². The van der Waals surface area contributed by atoms with E-state index in [2.05, 4.69) is 138 Å². The van der Waals surface area contributed by atoms with Gasteiger partial charge in [0.2, 0.25) is 0 Å². The highest BCUT2D eigenvalue weighted by Gasteiger charge is 2.48. The van der Waals surface area contributed by atoms with Gasteiger partial charge in [0.05, 0.1) is 36.6 Å². The Kier molecular flexibility index (Phi) is 17.0. The molecule has 0 spiro atoms. The summed E-state index contributed by atoms with van der Waals surface area (Å²) in [7, 11) is 0. The first kappa shape index (κ1) is 60.6. The molecule has 6 aliphatic heterocycles. The van der Waals surface area contributed by atoms with Crippen LogP contribution in [0.25, 0.3) is 0 Å². The highest BCUT2D eigenvalue weighted by atomic mass is 16.5. The van der Waals surface area contributed by atoms with Crippen molar-refractivity contribution in [2.24, 2.45) is 59.2 Å². The van der Waals surface area contributed by atoms with Crippen LogP contribution >= 0.6 is 0 Å². The van der Waals surface area contributed by atoms with Crippen LogP contribution in [0.3, 0.4) is 0 Å². The summed E-state index contributed by atoms with van der Waals surface area (Å²) in [6.45, 7) is 11.5. The van der Waals surface area contributed by atoms with Crippen LogP contribution in [0.1, 0.15) is 306 Å². The fourth-order valence-corrected chi connectivity index (χ4v) is 25.0. The molecule has 0 N–H and O–H groups in total. The van der Waals surface area contributed by atoms with Gasteiger partial charge in [-0.3, -0.25) is 0 Å². The third-order valence-corrected chi connectivity index (χ3v) is 29.6. The molecule has 91 heavy (non-hydrogen) atoms. The lowest BCUT2D eigenvalue weighted by Gasteiger charge is -2.28. The molecule has 16 bridgehead atoms. The van der Waals surface area contributed by atoms with E-state index in [-0.39, 0.29) is 0 Å². The molecular weight excluding hydrogens is 1100 g/mol.